The molecule has 0 unspecified atom stereocenters. The van der Waals surface area contributed by atoms with E-state index in [1.807, 2.05) is 12.1 Å². The van der Waals surface area contributed by atoms with Crippen molar-refractivity contribution in [3.8, 4) is 39.1 Å². The van der Waals surface area contributed by atoms with E-state index in [-0.39, 0.29) is 5.75 Å². The van der Waals surface area contributed by atoms with E-state index in [0.29, 0.717) is 5.58 Å². The van der Waals surface area contributed by atoms with Gasteiger partial charge in [-0.1, -0.05) is 140 Å². The Morgan fingerprint density at radius 2 is 0.812 bits per heavy atom. The highest BCUT2D eigenvalue weighted by molar-refractivity contribution is 6.24. The van der Waals surface area contributed by atoms with Crippen LogP contribution in [0.5, 0.6) is 5.75 Å². The highest BCUT2D eigenvalue weighted by Crippen LogP contribution is 2.43. The molecule has 0 aliphatic carbocycles. The van der Waals surface area contributed by atoms with Gasteiger partial charge in [-0.15, -0.1) is 0 Å². The molecular formula is C46H28O2. The molecule has 0 aliphatic heterocycles. The van der Waals surface area contributed by atoms with Gasteiger partial charge in [0.1, 0.15) is 5.58 Å². The molecule has 0 aliphatic rings. The second kappa shape index (κ2) is 10.3. The number of para-hydroxylation sites is 2. The van der Waals surface area contributed by atoms with Crippen molar-refractivity contribution in [1.82, 2.24) is 0 Å². The molecule has 9 aromatic carbocycles. The van der Waals surface area contributed by atoms with Gasteiger partial charge in [0.05, 0.1) is 0 Å². The molecule has 1 heterocycles. The molecule has 0 amide bonds. The molecule has 0 spiro atoms. The molecule has 0 saturated heterocycles. The van der Waals surface area contributed by atoms with Crippen LogP contribution in [0.25, 0.3) is 98.4 Å². The van der Waals surface area contributed by atoms with E-state index in [4.69, 9.17) is 4.42 Å². The van der Waals surface area contributed by atoms with E-state index >= 15 is 0 Å². The van der Waals surface area contributed by atoms with Crippen LogP contribution < -0.4 is 0 Å². The first-order chi connectivity index (χ1) is 23.7. The van der Waals surface area contributed by atoms with Crippen LogP contribution >= 0.6 is 0 Å². The summed E-state index contributed by atoms with van der Waals surface area (Å²) >= 11 is 0. The number of hydrogen-bond donors (Lipinski definition) is 1. The summed E-state index contributed by atoms with van der Waals surface area (Å²) in [6.45, 7) is 0. The third kappa shape index (κ3) is 4.00. The van der Waals surface area contributed by atoms with E-state index in [2.05, 4.69) is 146 Å². The number of phenolic OH excluding ortho intramolecular Hbond substituents is 1. The average molecular weight is 613 g/mol. The maximum atomic E-state index is 10.4. The van der Waals surface area contributed by atoms with Crippen molar-refractivity contribution in [3.63, 3.8) is 0 Å². The van der Waals surface area contributed by atoms with Crippen molar-refractivity contribution < 1.29 is 9.52 Å². The molecule has 10 rings (SSSR count). The van der Waals surface area contributed by atoms with Crippen LogP contribution in [-0.4, -0.2) is 5.11 Å². The Balaban J connectivity index is 1.16. The summed E-state index contributed by atoms with van der Waals surface area (Å²) in [5.74, 6) is 0.157. The minimum atomic E-state index is 0.157. The molecule has 1 N–H and O–H groups in total. The van der Waals surface area contributed by atoms with Crippen molar-refractivity contribution in [2.24, 2.45) is 0 Å². The molecular weight excluding hydrogens is 585 g/mol. The van der Waals surface area contributed by atoms with Crippen LogP contribution in [0.2, 0.25) is 0 Å². The lowest BCUT2D eigenvalue weighted by atomic mass is 9.87. The maximum Gasteiger partial charge on any atom is 0.177 e. The average Bonchev–Trinajstić information content (AvgIpc) is 3.54. The van der Waals surface area contributed by atoms with E-state index in [1.165, 1.54) is 59.8 Å². The zero-order chi connectivity index (χ0) is 31.8. The standard InChI is InChI=1S/C46H28O2/c47-44-18-8-17-39-38-16-7-15-33(45(38)48-46(39)44)29-20-22-30(23-21-29)40-26-42-37-14-6-4-12-35(37)41(27-43(42)36-13-5-3-11-34(36)40)32-24-19-28-9-1-2-10-31(28)25-32/h1-27,47H. The van der Waals surface area contributed by atoms with Crippen LogP contribution in [0, 0.1) is 0 Å². The second-order valence-corrected chi connectivity index (χ2v) is 12.6. The molecule has 2 heteroatoms. The lowest BCUT2D eigenvalue weighted by molar-refractivity contribution is 0.469. The predicted molar refractivity (Wildman–Crippen MR) is 202 cm³/mol. The quantitative estimate of drug-likeness (QED) is 0.201. The Hall–Kier alpha value is -6.38. The van der Waals surface area contributed by atoms with E-state index in [9.17, 15) is 5.11 Å². The Bertz CT molecular complexity index is 2890. The molecule has 0 radical (unpaired) electrons. The second-order valence-electron chi connectivity index (χ2n) is 12.6. The minimum Gasteiger partial charge on any atom is -0.504 e. The maximum absolute atomic E-state index is 10.4. The molecule has 2 nitrogen and oxygen atoms in total. The van der Waals surface area contributed by atoms with Crippen molar-refractivity contribution in [3.05, 3.63) is 164 Å². The predicted octanol–water partition coefficient (Wildman–Crippen LogP) is 12.9. The fourth-order valence-corrected chi connectivity index (χ4v) is 7.65. The SMILES string of the molecule is Oc1cccc2c1oc1c(-c3ccc(-c4cc5c6ccccc6c(-c6ccc7ccccc7c6)cc5c5ccccc45)cc3)cccc12. The number of phenols is 1. The molecule has 48 heavy (non-hydrogen) atoms. The molecule has 0 saturated carbocycles. The summed E-state index contributed by atoms with van der Waals surface area (Å²) in [4.78, 5) is 0. The first kappa shape index (κ1) is 26.8. The normalized spacial score (nSPS) is 11.8. The molecule has 0 atom stereocenters. The van der Waals surface area contributed by atoms with Crippen molar-refractivity contribution in [2.75, 3.05) is 0 Å². The fourth-order valence-electron chi connectivity index (χ4n) is 7.65. The van der Waals surface area contributed by atoms with Crippen molar-refractivity contribution in [1.29, 1.82) is 0 Å². The molecule has 224 valence electrons. The first-order valence-electron chi connectivity index (χ1n) is 16.3. The Labute approximate surface area is 276 Å². The Morgan fingerprint density at radius 3 is 1.50 bits per heavy atom. The fraction of sp³-hybridized carbons (Fsp3) is 0. The van der Waals surface area contributed by atoms with Gasteiger partial charge in [0.15, 0.2) is 11.3 Å². The highest BCUT2D eigenvalue weighted by atomic mass is 16.4. The van der Waals surface area contributed by atoms with Gasteiger partial charge in [0, 0.05) is 16.3 Å². The summed E-state index contributed by atoms with van der Waals surface area (Å²) in [6, 6.07) is 58.2. The summed E-state index contributed by atoms with van der Waals surface area (Å²) in [6.07, 6.45) is 0. The van der Waals surface area contributed by atoms with Crippen molar-refractivity contribution >= 4 is 65.0 Å². The lowest BCUT2D eigenvalue weighted by Crippen LogP contribution is -1.89. The summed E-state index contributed by atoms with van der Waals surface area (Å²) < 4.78 is 6.24. The first-order valence-corrected chi connectivity index (χ1v) is 16.3. The third-order valence-corrected chi connectivity index (χ3v) is 9.95. The van der Waals surface area contributed by atoms with E-state index in [1.54, 1.807) is 6.07 Å². The highest BCUT2D eigenvalue weighted by Gasteiger charge is 2.17. The number of benzene rings is 9. The molecule has 10 aromatic rings. The third-order valence-electron chi connectivity index (χ3n) is 9.95. The zero-order valence-corrected chi connectivity index (χ0v) is 25.9. The monoisotopic (exact) mass is 612 g/mol. The van der Waals surface area contributed by atoms with Crippen LogP contribution in [-0.2, 0) is 0 Å². The van der Waals surface area contributed by atoms with Gasteiger partial charge in [-0.05, 0) is 95.2 Å². The lowest BCUT2D eigenvalue weighted by Gasteiger charge is -2.16. The number of furan rings is 1. The molecule has 1 aromatic heterocycles. The van der Waals surface area contributed by atoms with Gasteiger partial charge in [-0.3, -0.25) is 0 Å². The number of hydrogen-bond acceptors (Lipinski definition) is 2. The van der Waals surface area contributed by atoms with Crippen molar-refractivity contribution in [2.45, 2.75) is 0 Å². The van der Waals surface area contributed by atoms with Crippen LogP contribution in [0.3, 0.4) is 0 Å². The summed E-state index contributed by atoms with van der Waals surface area (Å²) in [5, 5.41) is 22.3. The Morgan fingerprint density at radius 1 is 0.312 bits per heavy atom. The van der Waals surface area contributed by atoms with Gasteiger partial charge in [-0.2, -0.15) is 0 Å². The zero-order valence-electron chi connectivity index (χ0n) is 25.9. The smallest absolute Gasteiger partial charge is 0.177 e. The number of fused-ring (bicyclic) bond motifs is 9. The topological polar surface area (TPSA) is 33.4 Å². The van der Waals surface area contributed by atoms with Gasteiger partial charge in [0.25, 0.3) is 0 Å². The van der Waals surface area contributed by atoms with E-state index < -0.39 is 0 Å². The van der Waals surface area contributed by atoms with Gasteiger partial charge in [0.2, 0.25) is 0 Å². The van der Waals surface area contributed by atoms with Crippen LogP contribution in [0.15, 0.2) is 168 Å². The number of rotatable bonds is 3. The van der Waals surface area contributed by atoms with Crippen LogP contribution in [0.1, 0.15) is 0 Å². The van der Waals surface area contributed by atoms with Gasteiger partial charge < -0.3 is 9.52 Å². The largest absolute Gasteiger partial charge is 0.504 e. The van der Waals surface area contributed by atoms with E-state index in [0.717, 1.165) is 33.0 Å². The minimum absolute atomic E-state index is 0.157. The number of aromatic hydroxyl groups is 1. The summed E-state index contributed by atoms with van der Waals surface area (Å²) in [7, 11) is 0. The van der Waals surface area contributed by atoms with Gasteiger partial charge in [-0.25, -0.2) is 0 Å². The molecule has 0 fully saturated rings. The Kier molecular flexibility index (Phi) is 5.76. The van der Waals surface area contributed by atoms with Crippen LogP contribution in [0.4, 0.5) is 0 Å². The van der Waals surface area contributed by atoms with Gasteiger partial charge >= 0.3 is 0 Å². The summed E-state index contributed by atoms with van der Waals surface area (Å²) in [5.41, 5.74) is 8.23. The molecule has 0 bridgehead atoms.